The van der Waals surface area contributed by atoms with E-state index in [0.717, 1.165) is 0 Å². The fraction of sp³-hybridized carbons (Fsp3) is 0.200. The quantitative estimate of drug-likeness (QED) is 0.578. The summed E-state index contributed by atoms with van der Waals surface area (Å²) in [5, 5.41) is 5.21. The molecule has 0 aliphatic carbocycles. The maximum absolute atomic E-state index is 13.2. The number of hydrogen-bond acceptors (Lipinski definition) is 6. The van der Waals surface area contributed by atoms with Crippen LogP contribution < -0.4 is 15.4 Å². The summed E-state index contributed by atoms with van der Waals surface area (Å²) in [6.45, 7) is -0.0465. The monoisotopic (exact) mass is 460 g/mol. The number of pyridine rings is 1. The molecule has 3 aromatic rings. The fourth-order valence-corrected chi connectivity index (χ4v) is 4.71. The van der Waals surface area contributed by atoms with Gasteiger partial charge in [-0.1, -0.05) is 23.2 Å². The van der Waals surface area contributed by atoms with Crippen LogP contribution in [-0.2, 0) is 16.9 Å². The van der Waals surface area contributed by atoms with E-state index < -0.39 is 23.4 Å². The third-order valence-electron chi connectivity index (χ3n) is 5.40. The Kier molecular flexibility index (Phi) is 4.35. The Morgan fingerprint density at radius 3 is 2.77 bits per heavy atom. The number of methoxy groups -OCH3 is 1. The highest BCUT2D eigenvalue weighted by Crippen LogP contribution is 2.42. The van der Waals surface area contributed by atoms with Crippen LogP contribution >= 0.6 is 23.2 Å². The summed E-state index contributed by atoms with van der Waals surface area (Å²) in [6.07, 6.45) is 1.58. The second-order valence-electron chi connectivity index (χ2n) is 7.21. The second-order valence-corrected chi connectivity index (χ2v) is 8.00. The van der Waals surface area contributed by atoms with Gasteiger partial charge in [-0.05, 0) is 23.8 Å². The lowest BCUT2D eigenvalue weighted by Crippen LogP contribution is -2.52. The van der Waals surface area contributed by atoms with Crippen molar-refractivity contribution in [2.24, 2.45) is 0 Å². The molecule has 1 fully saturated rings. The summed E-state index contributed by atoms with van der Waals surface area (Å²) in [7, 11) is 1.40. The predicted octanol–water partition coefficient (Wildman–Crippen LogP) is 2.83. The van der Waals surface area contributed by atoms with Crippen LogP contribution in [0, 0.1) is 0 Å². The minimum atomic E-state index is -1.63. The summed E-state index contributed by atoms with van der Waals surface area (Å²) < 4.78 is 11.0. The predicted molar refractivity (Wildman–Crippen MR) is 110 cm³/mol. The van der Waals surface area contributed by atoms with Gasteiger partial charge < -0.3 is 19.4 Å². The van der Waals surface area contributed by atoms with E-state index in [1.807, 2.05) is 0 Å². The van der Waals surface area contributed by atoms with Gasteiger partial charge in [-0.15, -0.1) is 0 Å². The molecule has 2 aliphatic rings. The molecule has 158 valence electrons. The number of nitrogens with zero attached hydrogens (tertiary/aromatic N) is 2. The standard InChI is InChI=1S/C20H14Cl2N4O5/c1-30-16-10(21)5-9-7-26(17(27)14(9)15(16)22)8-20(18(28)24-19(29)25-20)13-6-11-12(31-13)3-2-4-23-11/h2-6H,7-8H2,1H3,(H2,24,25,28,29)/t20-/m0/s1. The van der Waals surface area contributed by atoms with Gasteiger partial charge in [0.1, 0.15) is 11.3 Å². The van der Waals surface area contributed by atoms with E-state index in [1.165, 1.54) is 12.0 Å². The van der Waals surface area contributed by atoms with Crippen molar-refractivity contribution in [2.45, 2.75) is 12.1 Å². The largest absolute Gasteiger partial charge is 0.494 e. The third kappa shape index (κ3) is 2.84. The van der Waals surface area contributed by atoms with E-state index in [9.17, 15) is 14.4 Å². The highest BCUT2D eigenvalue weighted by molar-refractivity contribution is 6.39. The van der Waals surface area contributed by atoms with Gasteiger partial charge in [-0.2, -0.15) is 0 Å². The molecule has 1 atom stereocenters. The Bertz CT molecular complexity index is 1260. The van der Waals surface area contributed by atoms with Crippen LogP contribution in [0.5, 0.6) is 5.75 Å². The summed E-state index contributed by atoms with van der Waals surface area (Å²) in [6, 6.07) is 5.87. The number of imide groups is 1. The van der Waals surface area contributed by atoms with Gasteiger partial charge in [0, 0.05) is 18.8 Å². The zero-order chi connectivity index (χ0) is 21.9. The summed E-state index contributed by atoms with van der Waals surface area (Å²) in [5.74, 6) is -0.697. The lowest BCUT2D eigenvalue weighted by molar-refractivity contribution is -0.125. The molecule has 0 bridgehead atoms. The molecule has 11 heteroatoms. The molecule has 1 aromatic carbocycles. The van der Waals surface area contributed by atoms with Gasteiger partial charge in [0.05, 0.1) is 29.3 Å². The highest BCUT2D eigenvalue weighted by atomic mass is 35.5. The third-order valence-corrected chi connectivity index (χ3v) is 6.04. The Balaban J connectivity index is 1.57. The number of rotatable bonds is 4. The van der Waals surface area contributed by atoms with Crippen LogP contribution in [0.25, 0.3) is 11.1 Å². The number of urea groups is 1. The van der Waals surface area contributed by atoms with Crippen LogP contribution in [0.1, 0.15) is 21.7 Å². The summed E-state index contributed by atoms with van der Waals surface area (Å²) in [5.41, 5.74) is 0.166. The first-order chi connectivity index (χ1) is 14.8. The molecule has 5 rings (SSSR count). The Morgan fingerprint density at radius 1 is 1.29 bits per heavy atom. The number of halogens is 2. The molecule has 4 heterocycles. The molecule has 0 unspecified atom stereocenters. The molecule has 0 saturated carbocycles. The summed E-state index contributed by atoms with van der Waals surface area (Å²) >= 11 is 12.6. The van der Waals surface area contributed by atoms with E-state index in [1.54, 1.807) is 30.5 Å². The van der Waals surface area contributed by atoms with E-state index in [0.29, 0.717) is 16.7 Å². The van der Waals surface area contributed by atoms with Crippen LogP contribution in [0.15, 0.2) is 34.9 Å². The van der Waals surface area contributed by atoms with Crippen molar-refractivity contribution >= 4 is 52.1 Å². The van der Waals surface area contributed by atoms with Crippen LogP contribution in [-0.4, -0.2) is 41.4 Å². The molecule has 2 aliphatic heterocycles. The SMILES string of the molecule is COc1c(Cl)cc2c(c1Cl)C(=O)N(C[C@@]1(c3cc4ncccc4o3)NC(=O)NC1=O)C2. The maximum Gasteiger partial charge on any atom is 0.322 e. The van der Waals surface area contributed by atoms with E-state index in [-0.39, 0.29) is 40.2 Å². The molecular weight excluding hydrogens is 447 g/mol. The van der Waals surface area contributed by atoms with Crippen molar-refractivity contribution in [3.63, 3.8) is 0 Å². The zero-order valence-electron chi connectivity index (χ0n) is 16.0. The smallest absolute Gasteiger partial charge is 0.322 e. The normalized spacial score (nSPS) is 20.2. The number of fused-ring (bicyclic) bond motifs is 2. The van der Waals surface area contributed by atoms with E-state index >= 15 is 0 Å². The molecule has 1 saturated heterocycles. The van der Waals surface area contributed by atoms with Gasteiger partial charge in [0.25, 0.3) is 11.8 Å². The van der Waals surface area contributed by atoms with Crippen molar-refractivity contribution in [3.8, 4) is 5.75 Å². The first kappa shape index (κ1) is 19.7. The van der Waals surface area contributed by atoms with E-state index in [4.69, 9.17) is 32.4 Å². The molecule has 2 aromatic heterocycles. The lowest BCUT2D eigenvalue weighted by atomic mass is 9.95. The van der Waals surface area contributed by atoms with Crippen molar-refractivity contribution < 1.29 is 23.5 Å². The Hall–Kier alpha value is -3.30. The second kappa shape index (κ2) is 6.86. The van der Waals surface area contributed by atoms with Crippen LogP contribution in [0.2, 0.25) is 10.0 Å². The van der Waals surface area contributed by atoms with Crippen molar-refractivity contribution in [3.05, 3.63) is 57.4 Å². The minimum absolute atomic E-state index is 0.0967. The number of ether oxygens (including phenoxy) is 1. The highest BCUT2D eigenvalue weighted by Gasteiger charge is 2.53. The molecule has 9 nitrogen and oxygen atoms in total. The van der Waals surface area contributed by atoms with Gasteiger partial charge >= 0.3 is 6.03 Å². The number of furan rings is 1. The average molecular weight is 461 g/mol. The summed E-state index contributed by atoms with van der Waals surface area (Å²) in [4.78, 5) is 43.7. The number of carbonyl (C=O) groups excluding carboxylic acids is 3. The number of carbonyl (C=O) groups is 3. The van der Waals surface area contributed by atoms with Gasteiger partial charge in [-0.3, -0.25) is 19.9 Å². The first-order valence-electron chi connectivity index (χ1n) is 9.17. The minimum Gasteiger partial charge on any atom is -0.494 e. The number of hydrogen-bond donors (Lipinski definition) is 2. The van der Waals surface area contributed by atoms with E-state index in [2.05, 4.69) is 15.6 Å². The zero-order valence-corrected chi connectivity index (χ0v) is 17.5. The van der Waals surface area contributed by atoms with Gasteiger partial charge in [0.2, 0.25) is 0 Å². The van der Waals surface area contributed by atoms with Gasteiger partial charge in [-0.25, -0.2) is 4.79 Å². The fourth-order valence-electron chi connectivity index (χ4n) is 3.98. The Morgan fingerprint density at radius 2 is 2.10 bits per heavy atom. The van der Waals surface area contributed by atoms with Crippen molar-refractivity contribution in [1.82, 2.24) is 20.5 Å². The lowest BCUT2D eigenvalue weighted by Gasteiger charge is -2.29. The molecule has 0 spiro atoms. The maximum atomic E-state index is 13.2. The molecule has 31 heavy (non-hydrogen) atoms. The number of benzene rings is 1. The number of nitrogens with one attached hydrogen (secondary N) is 2. The average Bonchev–Trinajstić information content (AvgIpc) is 3.37. The van der Waals surface area contributed by atoms with Crippen LogP contribution in [0.3, 0.4) is 0 Å². The van der Waals surface area contributed by atoms with Crippen molar-refractivity contribution in [2.75, 3.05) is 13.7 Å². The molecule has 0 radical (unpaired) electrons. The Labute approximate surface area is 185 Å². The number of amides is 4. The molecule has 4 amide bonds. The topological polar surface area (TPSA) is 114 Å². The molecule has 2 N–H and O–H groups in total. The number of aromatic nitrogens is 1. The first-order valence-corrected chi connectivity index (χ1v) is 9.92. The van der Waals surface area contributed by atoms with Crippen LogP contribution in [0.4, 0.5) is 4.79 Å². The molecular formula is C20H14Cl2N4O5. The van der Waals surface area contributed by atoms with Crippen molar-refractivity contribution in [1.29, 1.82) is 0 Å². The van der Waals surface area contributed by atoms with Gasteiger partial charge in [0.15, 0.2) is 16.9 Å².